The van der Waals surface area contributed by atoms with E-state index in [4.69, 9.17) is 4.74 Å². The Bertz CT molecular complexity index is 294. The number of hydrogen-bond acceptors (Lipinski definition) is 2. The first-order valence-electron chi connectivity index (χ1n) is 11.0. The topological polar surface area (TPSA) is 26.3 Å². The molecule has 1 atom stereocenters. The molecule has 0 amide bonds. The van der Waals surface area contributed by atoms with E-state index in [-0.39, 0.29) is 12.1 Å². The van der Waals surface area contributed by atoms with E-state index in [9.17, 15) is 4.79 Å². The predicted molar refractivity (Wildman–Crippen MR) is 103 cm³/mol. The van der Waals surface area contributed by atoms with E-state index in [0.29, 0.717) is 6.42 Å². The standard InChI is InChI=1S/C22H42O2/c1-3-5-6-7-8-9-10-11-12-17-21(4-2)24-22(23)19-18-20-15-13-14-16-20/h20-21H,3-19H2,1-2H3. The lowest BCUT2D eigenvalue weighted by molar-refractivity contribution is -0.150. The highest BCUT2D eigenvalue weighted by Gasteiger charge is 2.18. The van der Waals surface area contributed by atoms with Gasteiger partial charge in [0.15, 0.2) is 0 Å². The largest absolute Gasteiger partial charge is 0.462 e. The van der Waals surface area contributed by atoms with Gasteiger partial charge in [-0.2, -0.15) is 0 Å². The molecule has 0 radical (unpaired) electrons. The minimum atomic E-state index is 0.0460. The minimum Gasteiger partial charge on any atom is -0.462 e. The van der Waals surface area contributed by atoms with Crippen LogP contribution in [-0.4, -0.2) is 12.1 Å². The molecule has 1 rings (SSSR count). The van der Waals surface area contributed by atoms with Crippen LogP contribution in [0.2, 0.25) is 0 Å². The van der Waals surface area contributed by atoms with E-state index < -0.39 is 0 Å². The predicted octanol–water partition coefficient (Wildman–Crippen LogP) is 7.20. The lowest BCUT2D eigenvalue weighted by Gasteiger charge is -2.17. The average Bonchev–Trinajstić information content (AvgIpc) is 3.11. The fraction of sp³-hybridized carbons (Fsp3) is 0.955. The summed E-state index contributed by atoms with van der Waals surface area (Å²) in [7, 11) is 0. The molecular weight excluding hydrogens is 296 g/mol. The highest BCUT2D eigenvalue weighted by molar-refractivity contribution is 5.69. The Balaban J connectivity index is 1.96. The summed E-state index contributed by atoms with van der Waals surface area (Å²) in [5.41, 5.74) is 0. The Morgan fingerprint density at radius 2 is 1.50 bits per heavy atom. The van der Waals surface area contributed by atoms with E-state index in [1.54, 1.807) is 0 Å². The first kappa shape index (κ1) is 21.5. The molecule has 0 aromatic carbocycles. The van der Waals surface area contributed by atoms with Crippen LogP contribution >= 0.6 is 0 Å². The molecule has 2 heteroatoms. The number of hydrogen-bond donors (Lipinski definition) is 0. The van der Waals surface area contributed by atoms with Gasteiger partial charge in [-0.05, 0) is 31.6 Å². The molecule has 1 fully saturated rings. The summed E-state index contributed by atoms with van der Waals surface area (Å²) in [4.78, 5) is 12.0. The van der Waals surface area contributed by atoms with Crippen molar-refractivity contribution in [2.45, 2.75) is 129 Å². The Morgan fingerprint density at radius 1 is 0.917 bits per heavy atom. The van der Waals surface area contributed by atoms with E-state index in [1.165, 1.54) is 83.5 Å². The van der Waals surface area contributed by atoms with Gasteiger partial charge in [-0.25, -0.2) is 0 Å². The number of ether oxygens (including phenoxy) is 1. The van der Waals surface area contributed by atoms with Crippen molar-refractivity contribution in [3.63, 3.8) is 0 Å². The van der Waals surface area contributed by atoms with E-state index in [0.717, 1.165) is 25.2 Å². The zero-order valence-corrected chi connectivity index (χ0v) is 16.5. The minimum absolute atomic E-state index is 0.0460. The van der Waals surface area contributed by atoms with Gasteiger partial charge in [-0.1, -0.05) is 90.9 Å². The summed E-state index contributed by atoms with van der Waals surface area (Å²) in [6.07, 6.45) is 21.4. The van der Waals surface area contributed by atoms with Crippen LogP contribution in [-0.2, 0) is 9.53 Å². The van der Waals surface area contributed by atoms with Crippen molar-refractivity contribution >= 4 is 5.97 Å². The third-order valence-electron chi connectivity index (χ3n) is 5.61. The highest BCUT2D eigenvalue weighted by Crippen LogP contribution is 2.28. The molecule has 1 aliphatic rings. The molecule has 1 unspecified atom stereocenters. The highest BCUT2D eigenvalue weighted by atomic mass is 16.5. The van der Waals surface area contributed by atoms with Crippen molar-refractivity contribution in [1.29, 1.82) is 0 Å². The molecule has 0 aromatic heterocycles. The molecule has 0 heterocycles. The Hall–Kier alpha value is -0.530. The fourth-order valence-corrected chi connectivity index (χ4v) is 3.89. The summed E-state index contributed by atoms with van der Waals surface area (Å²) in [5, 5.41) is 0. The van der Waals surface area contributed by atoms with Crippen LogP contribution in [0.4, 0.5) is 0 Å². The maximum absolute atomic E-state index is 12.0. The summed E-state index contributed by atoms with van der Waals surface area (Å²) in [6.45, 7) is 4.41. The second-order valence-electron chi connectivity index (χ2n) is 7.83. The SMILES string of the molecule is CCCCCCCCCCCC(CC)OC(=O)CCC1CCCC1. The molecule has 24 heavy (non-hydrogen) atoms. The van der Waals surface area contributed by atoms with Crippen molar-refractivity contribution in [1.82, 2.24) is 0 Å². The molecule has 1 aliphatic carbocycles. The van der Waals surface area contributed by atoms with Gasteiger partial charge in [0.05, 0.1) is 0 Å². The number of rotatable bonds is 15. The molecule has 142 valence electrons. The van der Waals surface area contributed by atoms with E-state index >= 15 is 0 Å². The monoisotopic (exact) mass is 338 g/mol. The van der Waals surface area contributed by atoms with Crippen molar-refractivity contribution in [3.05, 3.63) is 0 Å². The maximum atomic E-state index is 12.0. The van der Waals surface area contributed by atoms with Gasteiger partial charge in [-0.15, -0.1) is 0 Å². The maximum Gasteiger partial charge on any atom is 0.306 e. The second kappa shape index (κ2) is 14.8. The first-order chi connectivity index (χ1) is 11.8. The zero-order valence-electron chi connectivity index (χ0n) is 16.5. The van der Waals surface area contributed by atoms with Gasteiger partial charge in [0.1, 0.15) is 6.10 Å². The van der Waals surface area contributed by atoms with Gasteiger partial charge in [0.2, 0.25) is 0 Å². The Labute approximate surface area is 151 Å². The van der Waals surface area contributed by atoms with Gasteiger partial charge in [0.25, 0.3) is 0 Å². The molecule has 0 N–H and O–H groups in total. The Morgan fingerprint density at radius 3 is 2.08 bits per heavy atom. The van der Waals surface area contributed by atoms with Gasteiger partial charge >= 0.3 is 5.97 Å². The summed E-state index contributed by atoms with van der Waals surface area (Å²) < 4.78 is 5.69. The lowest BCUT2D eigenvalue weighted by Crippen LogP contribution is -2.18. The molecule has 0 aliphatic heterocycles. The van der Waals surface area contributed by atoms with Crippen LogP contribution in [0.25, 0.3) is 0 Å². The van der Waals surface area contributed by atoms with Crippen LogP contribution in [0.5, 0.6) is 0 Å². The van der Waals surface area contributed by atoms with Crippen LogP contribution in [0.1, 0.15) is 123 Å². The molecule has 0 bridgehead atoms. The van der Waals surface area contributed by atoms with Crippen LogP contribution in [0.15, 0.2) is 0 Å². The molecule has 0 saturated heterocycles. The van der Waals surface area contributed by atoms with E-state index in [1.807, 2.05) is 0 Å². The van der Waals surface area contributed by atoms with Gasteiger partial charge in [0, 0.05) is 6.42 Å². The number of esters is 1. The second-order valence-corrected chi connectivity index (χ2v) is 7.83. The van der Waals surface area contributed by atoms with Crippen molar-refractivity contribution in [2.24, 2.45) is 5.92 Å². The molecule has 1 saturated carbocycles. The lowest BCUT2D eigenvalue weighted by atomic mass is 10.0. The van der Waals surface area contributed by atoms with Crippen LogP contribution < -0.4 is 0 Å². The summed E-state index contributed by atoms with van der Waals surface area (Å²) in [5.74, 6) is 0.833. The van der Waals surface area contributed by atoms with E-state index in [2.05, 4.69) is 13.8 Å². The Kier molecular flexibility index (Phi) is 13.3. The fourth-order valence-electron chi connectivity index (χ4n) is 3.89. The summed E-state index contributed by atoms with van der Waals surface area (Å²) >= 11 is 0. The van der Waals surface area contributed by atoms with Gasteiger partial charge in [-0.3, -0.25) is 4.79 Å². The molecule has 2 nitrogen and oxygen atoms in total. The van der Waals surface area contributed by atoms with Crippen molar-refractivity contribution in [2.75, 3.05) is 0 Å². The van der Waals surface area contributed by atoms with Crippen molar-refractivity contribution < 1.29 is 9.53 Å². The number of carbonyl (C=O) groups excluding carboxylic acids is 1. The summed E-state index contributed by atoms with van der Waals surface area (Å²) in [6, 6.07) is 0. The quantitative estimate of drug-likeness (QED) is 0.233. The van der Waals surface area contributed by atoms with Crippen molar-refractivity contribution in [3.8, 4) is 0 Å². The number of carbonyl (C=O) groups is 1. The molecule has 0 aromatic rings. The van der Waals surface area contributed by atoms with Gasteiger partial charge < -0.3 is 4.74 Å². The average molecular weight is 339 g/mol. The third-order valence-corrected chi connectivity index (χ3v) is 5.61. The smallest absolute Gasteiger partial charge is 0.306 e. The molecule has 0 spiro atoms. The van der Waals surface area contributed by atoms with Crippen LogP contribution in [0, 0.1) is 5.92 Å². The normalized spacial score (nSPS) is 16.4. The van der Waals surface area contributed by atoms with Crippen LogP contribution in [0.3, 0.4) is 0 Å². The first-order valence-corrected chi connectivity index (χ1v) is 11.0. The zero-order chi connectivity index (χ0) is 17.5. The third kappa shape index (κ3) is 11.1. The molecular formula is C22H42O2. The number of unbranched alkanes of at least 4 members (excludes halogenated alkanes) is 8.